The van der Waals surface area contributed by atoms with Crippen LogP contribution in [0.25, 0.3) is 16.2 Å². The Kier molecular flexibility index (Phi) is 4.40. The van der Waals surface area contributed by atoms with Gasteiger partial charge in [-0.3, -0.25) is 9.20 Å². The van der Waals surface area contributed by atoms with Gasteiger partial charge in [0.15, 0.2) is 16.5 Å². The van der Waals surface area contributed by atoms with E-state index in [0.29, 0.717) is 30.1 Å². The van der Waals surface area contributed by atoms with Crippen LogP contribution in [-0.2, 0) is 11.2 Å². The molecule has 1 aliphatic heterocycles. The predicted molar refractivity (Wildman–Crippen MR) is 108 cm³/mol. The molecular formula is C21H16FN3O3S. The molecule has 0 aliphatic carbocycles. The van der Waals surface area contributed by atoms with Crippen LogP contribution in [0.1, 0.15) is 12.0 Å². The standard InChI is InChI=1S/C21H16FN3O3S/c22-15-5-3-14(4-6-15)19-20(25-9-10-29-21(25)24-19)23-18(26)8-2-13-1-7-16-17(11-13)28-12-27-16/h1,3-7,9-11H,2,8,12H2,(H,23,26). The van der Waals surface area contributed by atoms with Gasteiger partial charge in [-0.05, 0) is 48.4 Å². The number of aromatic nitrogens is 2. The Morgan fingerprint density at radius 3 is 2.86 bits per heavy atom. The van der Waals surface area contributed by atoms with Crippen LogP contribution >= 0.6 is 11.3 Å². The second kappa shape index (κ2) is 7.21. The number of imidazole rings is 1. The van der Waals surface area contributed by atoms with Gasteiger partial charge in [0.1, 0.15) is 17.3 Å². The smallest absolute Gasteiger partial charge is 0.231 e. The number of amides is 1. The number of hydrogen-bond acceptors (Lipinski definition) is 5. The number of ether oxygens (including phenoxy) is 2. The van der Waals surface area contributed by atoms with Gasteiger partial charge in [0.05, 0.1) is 0 Å². The highest BCUT2D eigenvalue weighted by Gasteiger charge is 2.18. The molecule has 0 saturated heterocycles. The van der Waals surface area contributed by atoms with E-state index in [9.17, 15) is 9.18 Å². The Labute approximate surface area is 169 Å². The fraction of sp³-hybridized carbons (Fsp3) is 0.143. The van der Waals surface area contributed by atoms with Gasteiger partial charge in [-0.25, -0.2) is 9.37 Å². The maximum atomic E-state index is 13.3. The number of nitrogens with one attached hydrogen (secondary N) is 1. The summed E-state index contributed by atoms with van der Waals surface area (Å²) >= 11 is 1.47. The second-order valence-corrected chi connectivity index (χ2v) is 7.48. The third kappa shape index (κ3) is 3.42. The Balaban J connectivity index is 1.35. The van der Waals surface area contributed by atoms with Gasteiger partial charge in [-0.15, -0.1) is 11.3 Å². The zero-order valence-electron chi connectivity index (χ0n) is 15.2. The molecule has 0 spiro atoms. The van der Waals surface area contributed by atoms with Crippen molar-refractivity contribution in [3.63, 3.8) is 0 Å². The maximum absolute atomic E-state index is 13.3. The number of carbonyl (C=O) groups is 1. The van der Waals surface area contributed by atoms with Crippen molar-refractivity contribution in [3.05, 3.63) is 65.4 Å². The summed E-state index contributed by atoms with van der Waals surface area (Å²) in [7, 11) is 0. The molecule has 4 aromatic rings. The fourth-order valence-corrected chi connectivity index (χ4v) is 3.98. The average Bonchev–Trinajstić information content (AvgIpc) is 3.44. The molecule has 1 N–H and O–H groups in total. The van der Waals surface area contributed by atoms with E-state index < -0.39 is 0 Å². The summed E-state index contributed by atoms with van der Waals surface area (Å²) in [4.78, 5) is 18.0. The Morgan fingerprint density at radius 1 is 1.17 bits per heavy atom. The van der Waals surface area contributed by atoms with E-state index in [1.165, 1.54) is 23.5 Å². The van der Waals surface area contributed by atoms with E-state index in [-0.39, 0.29) is 18.5 Å². The van der Waals surface area contributed by atoms with Gasteiger partial charge in [0.2, 0.25) is 12.7 Å². The van der Waals surface area contributed by atoms with Crippen LogP contribution in [0.2, 0.25) is 0 Å². The molecule has 1 aliphatic rings. The lowest BCUT2D eigenvalue weighted by Crippen LogP contribution is -2.14. The van der Waals surface area contributed by atoms with E-state index >= 15 is 0 Å². The first-order chi connectivity index (χ1) is 14.2. The summed E-state index contributed by atoms with van der Waals surface area (Å²) in [6.07, 6.45) is 2.73. The Bertz CT molecular complexity index is 1200. The minimum atomic E-state index is -0.316. The van der Waals surface area contributed by atoms with E-state index in [4.69, 9.17) is 9.47 Å². The highest BCUT2D eigenvalue weighted by atomic mass is 32.1. The number of carbonyl (C=O) groups excluding carboxylic acids is 1. The van der Waals surface area contributed by atoms with E-state index in [1.54, 1.807) is 12.1 Å². The number of hydrogen-bond donors (Lipinski definition) is 1. The van der Waals surface area contributed by atoms with Crippen molar-refractivity contribution in [1.82, 2.24) is 9.38 Å². The van der Waals surface area contributed by atoms with Gasteiger partial charge in [-0.1, -0.05) is 6.07 Å². The van der Waals surface area contributed by atoms with Crippen LogP contribution in [0.5, 0.6) is 11.5 Å². The highest BCUT2D eigenvalue weighted by Crippen LogP contribution is 2.33. The quantitative estimate of drug-likeness (QED) is 0.527. The lowest BCUT2D eigenvalue weighted by molar-refractivity contribution is -0.116. The van der Waals surface area contributed by atoms with Crippen molar-refractivity contribution in [2.45, 2.75) is 12.8 Å². The highest BCUT2D eigenvalue weighted by molar-refractivity contribution is 7.15. The first-order valence-electron chi connectivity index (χ1n) is 9.07. The molecule has 2 aromatic carbocycles. The molecule has 8 heteroatoms. The molecule has 146 valence electrons. The Morgan fingerprint density at radius 2 is 2.00 bits per heavy atom. The molecule has 1 amide bonds. The SMILES string of the molecule is O=C(CCc1ccc2c(c1)OCO2)Nc1c(-c2ccc(F)cc2)nc2sccn12. The molecule has 29 heavy (non-hydrogen) atoms. The first-order valence-corrected chi connectivity index (χ1v) is 9.95. The van der Waals surface area contributed by atoms with E-state index in [0.717, 1.165) is 21.8 Å². The van der Waals surface area contributed by atoms with Crippen LogP contribution in [0.4, 0.5) is 10.2 Å². The fourth-order valence-electron chi connectivity index (χ4n) is 3.26. The summed E-state index contributed by atoms with van der Waals surface area (Å²) in [6.45, 7) is 0.225. The average molecular weight is 409 g/mol. The van der Waals surface area contributed by atoms with Crippen molar-refractivity contribution < 1.29 is 18.7 Å². The Hall–Kier alpha value is -3.39. The maximum Gasteiger partial charge on any atom is 0.231 e. The van der Waals surface area contributed by atoms with Gasteiger partial charge in [0, 0.05) is 23.6 Å². The number of thiazole rings is 1. The molecule has 2 aromatic heterocycles. The zero-order valence-corrected chi connectivity index (χ0v) is 16.0. The van der Waals surface area contributed by atoms with Crippen LogP contribution in [0.3, 0.4) is 0 Å². The molecule has 0 saturated carbocycles. The number of halogens is 1. The lowest BCUT2D eigenvalue weighted by Gasteiger charge is -2.08. The van der Waals surface area contributed by atoms with Crippen LogP contribution in [0, 0.1) is 5.82 Å². The number of rotatable bonds is 5. The van der Waals surface area contributed by atoms with E-state index in [1.807, 2.05) is 34.2 Å². The largest absolute Gasteiger partial charge is 0.454 e. The third-order valence-corrected chi connectivity index (χ3v) is 5.47. The van der Waals surface area contributed by atoms with Crippen molar-refractivity contribution in [3.8, 4) is 22.8 Å². The second-order valence-electron chi connectivity index (χ2n) is 6.61. The topological polar surface area (TPSA) is 64.9 Å². The molecular weight excluding hydrogens is 393 g/mol. The normalized spacial score (nSPS) is 12.4. The summed E-state index contributed by atoms with van der Waals surface area (Å²) in [6, 6.07) is 11.8. The minimum absolute atomic E-state index is 0.126. The molecule has 0 unspecified atom stereocenters. The van der Waals surface area contributed by atoms with E-state index in [2.05, 4.69) is 10.3 Å². The van der Waals surface area contributed by atoms with Gasteiger partial charge in [-0.2, -0.15) is 0 Å². The first kappa shape index (κ1) is 17.7. The summed E-state index contributed by atoms with van der Waals surface area (Å²) < 4.78 is 25.8. The molecule has 0 bridgehead atoms. The third-order valence-electron chi connectivity index (χ3n) is 4.72. The summed E-state index contributed by atoms with van der Waals surface area (Å²) in [5.41, 5.74) is 2.36. The molecule has 5 rings (SSSR count). The van der Waals surface area contributed by atoms with Crippen LogP contribution in [0.15, 0.2) is 54.0 Å². The summed E-state index contributed by atoms with van der Waals surface area (Å²) in [5, 5.41) is 4.88. The molecule has 6 nitrogen and oxygen atoms in total. The molecule has 0 atom stereocenters. The van der Waals surface area contributed by atoms with Crippen molar-refractivity contribution >= 4 is 28.0 Å². The molecule has 0 radical (unpaired) electrons. The van der Waals surface area contributed by atoms with Crippen LogP contribution < -0.4 is 14.8 Å². The van der Waals surface area contributed by atoms with Gasteiger partial charge in [0.25, 0.3) is 0 Å². The molecule has 0 fully saturated rings. The van der Waals surface area contributed by atoms with Crippen molar-refractivity contribution in [1.29, 1.82) is 0 Å². The van der Waals surface area contributed by atoms with Crippen molar-refractivity contribution in [2.24, 2.45) is 0 Å². The monoisotopic (exact) mass is 409 g/mol. The number of benzene rings is 2. The van der Waals surface area contributed by atoms with Gasteiger partial charge >= 0.3 is 0 Å². The lowest BCUT2D eigenvalue weighted by atomic mass is 10.1. The number of nitrogens with zero attached hydrogens (tertiary/aromatic N) is 2. The molecule has 3 heterocycles. The number of anilines is 1. The van der Waals surface area contributed by atoms with Gasteiger partial charge < -0.3 is 14.8 Å². The summed E-state index contributed by atoms with van der Waals surface area (Å²) in [5.74, 6) is 1.57. The van der Waals surface area contributed by atoms with Crippen molar-refractivity contribution in [2.75, 3.05) is 12.1 Å². The minimum Gasteiger partial charge on any atom is -0.454 e. The van der Waals surface area contributed by atoms with Crippen LogP contribution in [-0.4, -0.2) is 22.1 Å². The number of aryl methyl sites for hydroxylation is 1. The number of fused-ring (bicyclic) bond motifs is 2. The zero-order chi connectivity index (χ0) is 19.8. The predicted octanol–water partition coefficient (Wildman–Crippen LogP) is 4.50.